The average Bonchev–Trinajstić information content (AvgIpc) is 2.58. The molecule has 0 N–H and O–H groups in total. The molecular formula is C18H16ClN3O2. The molecule has 6 heteroatoms. The van der Waals surface area contributed by atoms with Crippen molar-refractivity contribution in [1.82, 2.24) is 15.0 Å². The van der Waals surface area contributed by atoms with Crippen LogP contribution in [-0.4, -0.2) is 20.8 Å². The number of ketones is 1. The quantitative estimate of drug-likeness (QED) is 0.691. The minimum absolute atomic E-state index is 0.0382. The topological polar surface area (TPSA) is 64.8 Å². The molecule has 24 heavy (non-hydrogen) atoms. The van der Waals surface area contributed by atoms with E-state index in [1.807, 2.05) is 24.3 Å². The van der Waals surface area contributed by atoms with E-state index in [1.165, 1.54) is 0 Å². The summed E-state index contributed by atoms with van der Waals surface area (Å²) in [5, 5.41) is 8.98. The zero-order valence-electron chi connectivity index (χ0n) is 13.0. The van der Waals surface area contributed by atoms with Crippen molar-refractivity contribution in [3.63, 3.8) is 0 Å². The Bertz CT molecular complexity index is 937. The second-order valence-corrected chi connectivity index (χ2v) is 6.03. The van der Waals surface area contributed by atoms with Crippen LogP contribution in [0, 0.1) is 0 Å². The van der Waals surface area contributed by atoms with Gasteiger partial charge in [0.05, 0.1) is 5.39 Å². The van der Waals surface area contributed by atoms with Crippen LogP contribution >= 0.6 is 11.6 Å². The van der Waals surface area contributed by atoms with E-state index in [2.05, 4.69) is 10.3 Å². The molecule has 0 radical (unpaired) electrons. The number of carbonyl (C=O) groups excluding carboxylic acids is 1. The molecule has 2 aromatic carbocycles. The van der Waals surface area contributed by atoms with Gasteiger partial charge < -0.3 is 0 Å². The number of fused-ring (bicyclic) bond motifs is 1. The van der Waals surface area contributed by atoms with Crippen LogP contribution in [0.25, 0.3) is 10.9 Å². The Morgan fingerprint density at radius 2 is 1.96 bits per heavy atom. The molecule has 0 saturated heterocycles. The van der Waals surface area contributed by atoms with Gasteiger partial charge >= 0.3 is 0 Å². The lowest BCUT2D eigenvalue weighted by Crippen LogP contribution is -2.27. The number of aryl methyl sites for hydroxylation is 1. The van der Waals surface area contributed by atoms with Gasteiger partial charge in [-0.15, -0.1) is 5.10 Å². The van der Waals surface area contributed by atoms with E-state index < -0.39 is 0 Å². The molecule has 0 fully saturated rings. The fraction of sp³-hybridized carbons (Fsp3) is 0.222. The van der Waals surface area contributed by atoms with E-state index in [9.17, 15) is 9.59 Å². The van der Waals surface area contributed by atoms with Crippen LogP contribution in [0.3, 0.4) is 0 Å². The molecule has 0 saturated carbocycles. The zero-order valence-corrected chi connectivity index (χ0v) is 13.7. The number of Topliss-reactive ketones (excluding diaryl/α,β-unsaturated/α-hetero) is 1. The number of carbonyl (C=O) groups is 1. The number of benzene rings is 2. The Kier molecular flexibility index (Phi) is 5.01. The molecule has 5 nitrogen and oxygen atoms in total. The summed E-state index contributed by atoms with van der Waals surface area (Å²) in [6, 6.07) is 14.6. The Hall–Kier alpha value is -2.53. The highest BCUT2D eigenvalue weighted by Crippen LogP contribution is 2.13. The van der Waals surface area contributed by atoms with E-state index in [4.69, 9.17) is 11.6 Å². The van der Waals surface area contributed by atoms with Crippen molar-refractivity contribution in [3.8, 4) is 0 Å². The van der Waals surface area contributed by atoms with E-state index >= 15 is 0 Å². The van der Waals surface area contributed by atoms with Crippen LogP contribution in [0.4, 0.5) is 0 Å². The highest BCUT2D eigenvalue weighted by molar-refractivity contribution is 6.30. The molecule has 3 rings (SSSR count). The lowest BCUT2D eigenvalue weighted by molar-refractivity contribution is -0.120. The normalized spacial score (nSPS) is 10.9. The van der Waals surface area contributed by atoms with E-state index in [0.29, 0.717) is 28.8 Å². The van der Waals surface area contributed by atoms with Crippen molar-refractivity contribution in [1.29, 1.82) is 0 Å². The molecule has 0 spiro atoms. The SMILES string of the molecule is O=C(CCCc1cccc(Cl)c1)Cn1nnc2ccccc2c1=O. The van der Waals surface area contributed by atoms with Crippen LogP contribution in [0.5, 0.6) is 0 Å². The lowest BCUT2D eigenvalue weighted by atomic mass is 10.1. The first-order valence-electron chi connectivity index (χ1n) is 7.72. The molecular weight excluding hydrogens is 326 g/mol. The molecule has 1 aromatic heterocycles. The van der Waals surface area contributed by atoms with Gasteiger partial charge in [0.1, 0.15) is 12.1 Å². The number of nitrogens with zero attached hydrogens (tertiary/aromatic N) is 3. The largest absolute Gasteiger partial charge is 0.298 e. The van der Waals surface area contributed by atoms with Crippen molar-refractivity contribution >= 4 is 28.3 Å². The first-order valence-corrected chi connectivity index (χ1v) is 8.10. The van der Waals surface area contributed by atoms with Crippen molar-refractivity contribution in [2.45, 2.75) is 25.8 Å². The highest BCUT2D eigenvalue weighted by atomic mass is 35.5. The van der Waals surface area contributed by atoms with Crippen molar-refractivity contribution in [2.24, 2.45) is 0 Å². The standard InChI is InChI=1S/C18H16ClN3O2/c19-14-7-3-5-13(11-14)6-4-8-15(23)12-22-18(24)16-9-1-2-10-17(16)20-21-22/h1-3,5,7,9-11H,4,6,8,12H2. The van der Waals surface area contributed by atoms with Crippen LogP contribution in [-0.2, 0) is 17.8 Å². The minimum atomic E-state index is -0.288. The molecule has 3 aromatic rings. The van der Waals surface area contributed by atoms with E-state index in [0.717, 1.165) is 16.7 Å². The molecule has 0 atom stereocenters. The summed E-state index contributed by atoms with van der Waals surface area (Å²) in [6.07, 6.45) is 1.85. The second-order valence-electron chi connectivity index (χ2n) is 5.59. The summed E-state index contributed by atoms with van der Waals surface area (Å²) in [6.45, 7) is -0.0494. The van der Waals surface area contributed by atoms with Gasteiger partial charge in [0.25, 0.3) is 5.56 Å². The third-order valence-electron chi connectivity index (χ3n) is 3.77. The maximum absolute atomic E-state index is 12.3. The molecule has 0 bridgehead atoms. The molecule has 0 aliphatic carbocycles. The first kappa shape index (κ1) is 16.3. The summed E-state index contributed by atoms with van der Waals surface area (Å²) >= 11 is 5.94. The van der Waals surface area contributed by atoms with Crippen LogP contribution < -0.4 is 5.56 Å². The van der Waals surface area contributed by atoms with Crippen molar-refractivity contribution in [3.05, 3.63) is 69.5 Å². The number of rotatable bonds is 6. The van der Waals surface area contributed by atoms with Crippen molar-refractivity contribution < 1.29 is 4.79 Å². The number of hydrogen-bond acceptors (Lipinski definition) is 4. The van der Waals surface area contributed by atoms with Gasteiger partial charge in [0, 0.05) is 11.4 Å². The van der Waals surface area contributed by atoms with E-state index in [-0.39, 0.29) is 17.9 Å². The smallest absolute Gasteiger partial charge is 0.278 e. The minimum Gasteiger partial charge on any atom is -0.298 e. The Morgan fingerprint density at radius 1 is 1.12 bits per heavy atom. The summed E-state index contributed by atoms with van der Waals surface area (Å²) in [5.74, 6) is -0.0382. The first-order chi connectivity index (χ1) is 11.6. The third kappa shape index (κ3) is 3.86. The van der Waals surface area contributed by atoms with Gasteiger partial charge in [-0.05, 0) is 42.7 Å². The maximum Gasteiger partial charge on any atom is 0.278 e. The number of aromatic nitrogens is 3. The van der Waals surface area contributed by atoms with Gasteiger partial charge in [-0.3, -0.25) is 9.59 Å². The van der Waals surface area contributed by atoms with Gasteiger partial charge in [-0.1, -0.05) is 41.1 Å². The monoisotopic (exact) mass is 341 g/mol. The summed E-state index contributed by atoms with van der Waals surface area (Å²) in [4.78, 5) is 24.4. The number of hydrogen-bond donors (Lipinski definition) is 0. The van der Waals surface area contributed by atoms with E-state index in [1.54, 1.807) is 24.3 Å². The molecule has 122 valence electrons. The Morgan fingerprint density at radius 3 is 2.79 bits per heavy atom. The van der Waals surface area contributed by atoms with Gasteiger partial charge in [-0.2, -0.15) is 0 Å². The maximum atomic E-state index is 12.3. The Labute approximate surface area is 143 Å². The van der Waals surface area contributed by atoms with Gasteiger partial charge in [0.2, 0.25) is 0 Å². The van der Waals surface area contributed by atoms with Crippen LogP contribution in [0.15, 0.2) is 53.3 Å². The van der Waals surface area contributed by atoms with Crippen molar-refractivity contribution in [2.75, 3.05) is 0 Å². The molecule has 0 unspecified atom stereocenters. The predicted octanol–water partition coefficient (Wildman–Crippen LogP) is 3.04. The van der Waals surface area contributed by atoms with Crippen LogP contribution in [0.2, 0.25) is 5.02 Å². The summed E-state index contributed by atoms with van der Waals surface area (Å²) in [5.41, 5.74) is 1.34. The molecule has 0 aliphatic rings. The van der Waals surface area contributed by atoms with Gasteiger partial charge in [0.15, 0.2) is 5.78 Å². The fourth-order valence-corrected chi connectivity index (χ4v) is 2.77. The average molecular weight is 342 g/mol. The highest BCUT2D eigenvalue weighted by Gasteiger charge is 2.09. The lowest BCUT2D eigenvalue weighted by Gasteiger charge is -2.05. The zero-order chi connectivity index (χ0) is 16.9. The Balaban J connectivity index is 1.61. The molecule has 1 heterocycles. The number of halogens is 1. The molecule has 0 amide bonds. The summed E-state index contributed by atoms with van der Waals surface area (Å²) < 4.78 is 1.13. The van der Waals surface area contributed by atoms with Crippen LogP contribution in [0.1, 0.15) is 18.4 Å². The predicted molar refractivity (Wildman–Crippen MR) is 93.2 cm³/mol. The summed E-state index contributed by atoms with van der Waals surface area (Å²) in [7, 11) is 0. The second kappa shape index (κ2) is 7.36. The van der Waals surface area contributed by atoms with Gasteiger partial charge in [-0.25, -0.2) is 4.68 Å². The molecule has 0 aliphatic heterocycles. The third-order valence-corrected chi connectivity index (χ3v) is 4.00. The fourth-order valence-electron chi connectivity index (χ4n) is 2.56.